The first-order valence-electron chi connectivity index (χ1n) is 5.83. The number of rotatable bonds is 5. The van der Waals surface area contributed by atoms with Gasteiger partial charge in [-0.15, -0.1) is 11.3 Å². The molecular weight excluding hydrogens is 249 g/mol. The summed E-state index contributed by atoms with van der Waals surface area (Å²) in [5.41, 5.74) is 1.79. The van der Waals surface area contributed by atoms with Crippen LogP contribution in [0.2, 0.25) is 0 Å². The molecule has 0 spiro atoms. The Morgan fingerprint density at radius 3 is 2.89 bits per heavy atom. The summed E-state index contributed by atoms with van der Waals surface area (Å²) >= 11 is 1.66. The Labute approximate surface area is 110 Å². The number of nitrogens with one attached hydrogen (secondary N) is 1. The number of aliphatic hydroxyl groups excluding tert-OH is 1. The van der Waals surface area contributed by atoms with Crippen LogP contribution >= 0.6 is 11.3 Å². The highest BCUT2D eigenvalue weighted by Crippen LogP contribution is 2.20. The van der Waals surface area contributed by atoms with Gasteiger partial charge in [-0.05, 0) is 41.6 Å². The second-order valence-electron chi connectivity index (χ2n) is 4.20. The van der Waals surface area contributed by atoms with E-state index in [0.29, 0.717) is 6.54 Å². The molecule has 0 fully saturated rings. The standard InChI is InChI=1S/C14H16FNOS/c1-10-4-5-11(15)7-13(10)14(9-17)16-8-12-3-2-6-18-12/h2-7,14,16-17H,8-9H2,1H3. The Morgan fingerprint density at radius 2 is 2.22 bits per heavy atom. The third kappa shape index (κ3) is 3.16. The summed E-state index contributed by atoms with van der Waals surface area (Å²) in [6.07, 6.45) is 0. The van der Waals surface area contributed by atoms with Gasteiger partial charge < -0.3 is 10.4 Å². The molecule has 2 aromatic rings. The van der Waals surface area contributed by atoms with Crippen LogP contribution in [0, 0.1) is 12.7 Å². The van der Waals surface area contributed by atoms with Crippen LogP contribution in [0.3, 0.4) is 0 Å². The van der Waals surface area contributed by atoms with Crippen molar-refractivity contribution in [2.24, 2.45) is 0 Å². The zero-order valence-corrected chi connectivity index (χ0v) is 11.0. The first kappa shape index (κ1) is 13.2. The molecule has 1 aromatic heterocycles. The van der Waals surface area contributed by atoms with Crippen LogP contribution in [0.4, 0.5) is 4.39 Å². The van der Waals surface area contributed by atoms with Crippen LogP contribution in [0.25, 0.3) is 0 Å². The van der Waals surface area contributed by atoms with Crippen molar-refractivity contribution in [2.45, 2.75) is 19.5 Å². The first-order chi connectivity index (χ1) is 8.70. The van der Waals surface area contributed by atoms with Crippen molar-refractivity contribution in [3.05, 3.63) is 57.5 Å². The van der Waals surface area contributed by atoms with Gasteiger partial charge >= 0.3 is 0 Å². The Balaban J connectivity index is 2.10. The number of aliphatic hydroxyl groups is 1. The molecule has 4 heteroatoms. The summed E-state index contributed by atoms with van der Waals surface area (Å²) in [4.78, 5) is 1.20. The Hall–Kier alpha value is -1.23. The molecule has 0 saturated carbocycles. The minimum atomic E-state index is -0.271. The summed E-state index contributed by atoms with van der Waals surface area (Å²) in [7, 11) is 0. The van der Waals surface area contributed by atoms with Gasteiger partial charge in [-0.25, -0.2) is 4.39 Å². The fraction of sp³-hybridized carbons (Fsp3) is 0.286. The van der Waals surface area contributed by atoms with E-state index in [1.807, 2.05) is 24.4 Å². The molecule has 1 atom stereocenters. The van der Waals surface area contributed by atoms with Gasteiger partial charge in [-0.2, -0.15) is 0 Å². The van der Waals surface area contributed by atoms with Crippen LogP contribution in [0.1, 0.15) is 22.0 Å². The molecule has 96 valence electrons. The third-order valence-electron chi connectivity index (χ3n) is 2.90. The first-order valence-corrected chi connectivity index (χ1v) is 6.71. The van der Waals surface area contributed by atoms with Crippen LogP contribution in [-0.4, -0.2) is 11.7 Å². The van der Waals surface area contributed by atoms with Crippen molar-refractivity contribution < 1.29 is 9.50 Å². The summed E-state index contributed by atoms with van der Waals surface area (Å²) in [5.74, 6) is -0.271. The molecule has 2 rings (SSSR count). The normalized spacial score (nSPS) is 12.6. The van der Waals surface area contributed by atoms with Crippen molar-refractivity contribution in [3.63, 3.8) is 0 Å². The van der Waals surface area contributed by atoms with Crippen molar-refractivity contribution in [2.75, 3.05) is 6.61 Å². The number of hydrogen-bond acceptors (Lipinski definition) is 3. The van der Waals surface area contributed by atoms with Crippen LogP contribution < -0.4 is 5.32 Å². The predicted octanol–water partition coefficient (Wildman–Crippen LogP) is 3.02. The maximum atomic E-state index is 13.3. The maximum Gasteiger partial charge on any atom is 0.123 e. The van der Waals surface area contributed by atoms with Crippen LogP contribution in [0.5, 0.6) is 0 Å². The summed E-state index contributed by atoms with van der Waals surface area (Å²) < 4.78 is 13.3. The summed E-state index contributed by atoms with van der Waals surface area (Å²) in [5, 5.41) is 14.7. The van der Waals surface area contributed by atoms with Gasteiger partial charge in [0, 0.05) is 11.4 Å². The molecule has 0 aliphatic carbocycles. The third-order valence-corrected chi connectivity index (χ3v) is 3.78. The molecule has 0 amide bonds. The fourth-order valence-corrected chi connectivity index (χ4v) is 2.55. The molecule has 18 heavy (non-hydrogen) atoms. The van der Waals surface area contributed by atoms with Crippen LogP contribution in [0.15, 0.2) is 35.7 Å². The van der Waals surface area contributed by atoms with Gasteiger partial charge in [-0.3, -0.25) is 0 Å². The van der Waals surface area contributed by atoms with Gasteiger partial charge in [0.25, 0.3) is 0 Å². The van der Waals surface area contributed by atoms with Gasteiger partial charge in [-0.1, -0.05) is 12.1 Å². The number of hydrogen-bond donors (Lipinski definition) is 2. The van der Waals surface area contributed by atoms with Gasteiger partial charge in [0.15, 0.2) is 0 Å². The average molecular weight is 265 g/mol. The predicted molar refractivity (Wildman–Crippen MR) is 72.1 cm³/mol. The molecule has 1 heterocycles. The Bertz CT molecular complexity index is 499. The lowest BCUT2D eigenvalue weighted by Crippen LogP contribution is -2.24. The largest absolute Gasteiger partial charge is 0.394 e. The monoisotopic (exact) mass is 265 g/mol. The number of halogens is 1. The van der Waals surface area contributed by atoms with E-state index in [9.17, 15) is 9.50 Å². The van der Waals surface area contributed by atoms with Crippen molar-refractivity contribution in [1.29, 1.82) is 0 Å². The zero-order valence-electron chi connectivity index (χ0n) is 10.2. The number of thiophene rings is 1. The molecule has 0 saturated heterocycles. The fourth-order valence-electron chi connectivity index (χ4n) is 1.90. The van der Waals surface area contributed by atoms with E-state index < -0.39 is 0 Å². The minimum absolute atomic E-state index is 0.0460. The second kappa shape index (κ2) is 6.09. The number of benzene rings is 1. The lowest BCUT2D eigenvalue weighted by Gasteiger charge is -2.18. The van der Waals surface area contributed by atoms with Crippen LogP contribution in [-0.2, 0) is 6.54 Å². The Kier molecular flexibility index (Phi) is 4.47. The van der Waals surface area contributed by atoms with Gasteiger partial charge in [0.05, 0.1) is 12.6 Å². The summed E-state index contributed by atoms with van der Waals surface area (Å²) in [6, 6.07) is 8.44. The Morgan fingerprint density at radius 1 is 1.39 bits per heavy atom. The molecule has 2 nitrogen and oxygen atoms in total. The molecule has 0 bridgehead atoms. The van der Waals surface area contributed by atoms with E-state index in [2.05, 4.69) is 5.32 Å². The molecule has 0 radical (unpaired) electrons. The van der Waals surface area contributed by atoms with Crippen molar-refractivity contribution in [1.82, 2.24) is 5.32 Å². The molecule has 0 aliphatic heterocycles. The molecule has 0 aliphatic rings. The van der Waals surface area contributed by atoms with E-state index in [-0.39, 0.29) is 18.5 Å². The molecular formula is C14H16FNOS. The SMILES string of the molecule is Cc1ccc(F)cc1C(CO)NCc1cccs1. The lowest BCUT2D eigenvalue weighted by molar-refractivity contribution is 0.243. The highest BCUT2D eigenvalue weighted by Gasteiger charge is 2.13. The van der Waals surface area contributed by atoms with E-state index in [1.54, 1.807) is 17.4 Å². The maximum absolute atomic E-state index is 13.3. The van der Waals surface area contributed by atoms with Crippen molar-refractivity contribution >= 4 is 11.3 Å². The molecule has 1 unspecified atom stereocenters. The molecule has 1 aromatic carbocycles. The lowest BCUT2D eigenvalue weighted by atomic mass is 10.0. The highest BCUT2D eigenvalue weighted by molar-refractivity contribution is 7.09. The summed E-state index contributed by atoms with van der Waals surface area (Å²) in [6.45, 7) is 2.55. The average Bonchev–Trinajstić information content (AvgIpc) is 2.87. The molecule has 2 N–H and O–H groups in total. The van der Waals surface area contributed by atoms with Crippen molar-refractivity contribution in [3.8, 4) is 0 Å². The van der Waals surface area contributed by atoms with E-state index in [0.717, 1.165) is 11.1 Å². The topological polar surface area (TPSA) is 32.3 Å². The van der Waals surface area contributed by atoms with E-state index in [1.165, 1.54) is 17.0 Å². The minimum Gasteiger partial charge on any atom is -0.394 e. The van der Waals surface area contributed by atoms with E-state index in [4.69, 9.17) is 0 Å². The van der Waals surface area contributed by atoms with Gasteiger partial charge in [0.1, 0.15) is 5.82 Å². The van der Waals surface area contributed by atoms with Gasteiger partial charge in [0.2, 0.25) is 0 Å². The quantitative estimate of drug-likeness (QED) is 0.871. The highest BCUT2D eigenvalue weighted by atomic mass is 32.1. The number of aryl methyl sites for hydroxylation is 1. The second-order valence-corrected chi connectivity index (χ2v) is 5.23. The zero-order chi connectivity index (χ0) is 13.0. The smallest absolute Gasteiger partial charge is 0.123 e. The van der Waals surface area contributed by atoms with E-state index >= 15 is 0 Å².